The van der Waals surface area contributed by atoms with Gasteiger partial charge >= 0.3 is 0 Å². The zero-order valence-corrected chi connectivity index (χ0v) is 19.9. The summed E-state index contributed by atoms with van der Waals surface area (Å²) in [6.45, 7) is 2.05. The summed E-state index contributed by atoms with van der Waals surface area (Å²) in [5.74, 6) is -0.560. The smallest absolute Gasteiger partial charge is 0.287 e. The summed E-state index contributed by atoms with van der Waals surface area (Å²) >= 11 is 1.49. The Labute approximate surface area is 206 Å². The maximum absolute atomic E-state index is 13.5. The van der Waals surface area contributed by atoms with Gasteiger partial charge in [0.15, 0.2) is 5.76 Å². The second-order valence-corrected chi connectivity index (χ2v) is 8.90. The second-order valence-electron chi connectivity index (χ2n) is 7.87. The summed E-state index contributed by atoms with van der Waals surface area (Å²) in [5.41, 5.74) is 1.69. The lowest BCUT2D eigenvalue weighted by Gasteiger charge is -2.31. The highest BCUT2D eigenvalue weighted by molar-refractivity contribution is 7.09. The average molecular weight is 492 g/mol. The fourth-order valence-electron chi connectivity index (χ4n) is 3.55. The molecule has 0 aliphatic carbocycles. The van der Waals surface area contributed by atoms with Crippen LogP contribution in [0.1, 0.15) is 38.4 Å². The number of carbonyl (C=O) groups excluding carboxylic acids is 3. The topological polar surface area (TPSA) is 105 Å². The van der Waals surface area contributed by atoms with Crippen LogP contribution in [0, 0.1) is 6.92 Å². The van der Waals surface area contributed by atoms with Crippen molar-refractivity contribution in [1.82, 2.24) is 15.5 Å². The number of benzene rings is 1. The molecule has 4 aromatic rings. The van der Waals surface area contributed by atoms with Gasteiger partial charge in [-0.05, 0) is 48.2 Å². The average Bonchev–Trinajstić information content (AvgIpc) is 3.65. The number of carbonyl (C=O) groups is 3. The number of rotatable bonds is 10. The molecule has 2 N–H and O–H groups in total. The van der Waals surface area contributed by atoms with Gasteiger partial charge in [0.25, 0.3) is 5.91 Å². The predicted octanol–water partition coefficient (Wildman–Crippen LogP) is 4.06. The van der Waals surface area contributed by atoms with Gasteiger partial charge in [0.05, 0.1) is 32.2 Å². The second kappa shape index (κ2) is 11.3. The minimum atomic E-state index is -0.916. The highest BCUT2D eigenvalue weighted by Crippen LogP contribution is 2.26. The lowest BCUT2D eigenvalue weighted by Crippen LogP contribution is -2.46. The monoisotopic (exact) mass is 491 g/mol. The summed E-state index contributed by atoms with van der Waals surface area (Å²) in [4.78, 5) is 41.6. The number of thiophene rings is 1. The van der Waals surface area contributed by atoms with E-state index >= 15 is 0 Å². The molecular weight excluding hydrogens is 466 g/mol. The molecule has 0 spiro atoms. The largest absolute Gasteiger partial charge is 0.467 e. The minimum absolute atomic E-state index is 0.105. The molecular formula is C26H25N3O5S. The predicted molar refractivity (Wildman–Crippen MR) is 130 cm³/mol. The van der Waals surface area contributed by atoms with Crippen LogP contribution in [0.4, 0.5) is 0 Å². The van der Waals surface area contributed by atoms with Crippen LogP contribution in [0.25, 0.3) is 0 Å². The molecule has 0 bridgehead atoms. The maximum Gasteiger partial charge on any atom is 0.287 e. The van der Waals surface area contributed by atoms with Gasteiger partial charge in [0, 0.05) is 4.88 Å². The van der Waals surface area contributed by atoms with Crippen molar-refractivity contribution in [2.24, 2.45) is 0 Å². The van der Waals surface area contributed by atoms with Gasteiger partial charge < -0.3 is 24.4 Å². The Balaban J connectivity index is 1.60. The number of amides is 3. The fourth-order valence-corrected chi connectivity index (χ4v) is 4.25. The molecule has 0 saturated carbocycles. The number of hydrogen-bond donors (Lipinski definition) is 2. The first kappa shape index (κ1) is 24.0. The molecule has 3 aromatic heterocycles. The van der Waals surface area contributed by atoms with Crippen LogP contribution in [0.15, 0.2) is 87.4 Å². The Kier molecular flexibility index (Phi) is 7.79. The molecule has 35 heavy (non-hydrogen) atoms. The van der Waals surface area contributed by atoms with E-state index in [4.69, 9.17) is 8.83 Å². The van der Waals surface area contributed by atoms with Crippen LogP contribution in [0.2, 0.25) is 0 Å². The van der Waals surface area contributed by atoms with Gasteiger partial charge in [0.1, 0.15) is 11.8 Å². The molecule has 4 rings (SSSR count). The molecule has 0 saturated heterocycles. The maximum atomic E-state index is 13.5. The van der Waals surface area contributed by atoms with Crippen molar-refractivity contribution >= 4 is 29.1 Å². The van der Waals surface area contributed by atoms with Crippen molar-refractivity contribution in [1.29, 1.82) is 0 Å². The summed E-state index contributed by atoms with van der Waals surface area (Å²) in [6.07, 6.45) is 2.92. The standard InChI is InChI=1S/C26H25N3O5S/c1-18-8-10-19(11-9-18)24(26(32)27-15-20-5-2-12-33-20)29(17-21-6-4-14-35-21)23(30)16-28-25(31)22-7-3-13-34-22/h2-14,24H,15-17H2,1H3,(H,27,32)(H,28,31). The van der Waals surface area contributed by atoms with E-state index in [1.165, 1.54) is 34.8 Å². The summed E-state index contributed by atoms with van der Waals surface area (Å²) in [6, 6.07) is 17.0. The van der Waals surface area contributed by atoms with Crippen molar-refractivity contribution in [2.45, 2.75) is 26.1 Å². The minimum Gasteiger partial charge on any atom is -0.467 e. The third-order valence-electron chi connectivity index (χ3n) is 5.34. The Morgan fingerprint density at radius 1 is 0.943 bits per heavy atom. The summed E-state index contributed by atoms with van der Waals surface area (Å²) < 4.78 is 10.4. The van der Waals surface area contributed by atoms with E-state index in [1.54, 1.807) is 18.2 Å². The van der Waals surface area contributed by atoms with Crippen LogP contribution >= 0.6 is 11.3 Å². The zero-order valence-electron chi connectivity index (χ0n) is 19.1. The van der Waals surface area contributed by atoms with E-state index in [2.05, 4.69) is 10.6 Å². The van der Waals surface area contributed by atoms with Crippen molar-refractivity contribution in [3.63, 3.8) is 0 Å². The Hall–Kier alpha value is -4.11. The molecule has 1 unspecified atom stereocenters. The van der Waals surface area contributed by atoms with Crippen LogP contribution < -0.4 is 10.6 Å². The summed E-state index contributed by atoms with van der Waals surface area (Å²) in [5, 5.41) is 7.37. The third-order valence-corrected chi connectivity index (χ3v) is 6.20. The third kappa shape index (κ3) is 6.27. The first-order valence-corrected chi connectivity index (χ1v) is 11.9. The SMILES string of the molecule is Cc1ccc(C(C(=O)NCc2ccco2)N(Cc2cccs2)C(=O)CNC(=O)c2ccco2)cc1. The number of furan rings is 2. The van der Waals surface area contributed by atoms with Gasteiger partial charge in [-0.1, -0.05) is 35.9 Å². The molecule has 1 atom stereocenters. The molecule has 0 aliphatic heterocycles. The molecule has 9 heteroatoms. The molecule has 1 aromatic carbocycles. The van der Waals surface area contributed by atoms with E-state index in [0.29, 0.717) is 11.3 Å². The lowest BCUT2D eigenvalue weighted by molar-refractivity contribution is -0.140. The molecule has 0 radical (unpaired) electrons. The van der Waals surface area contributed by atoms with E-state index in [0.717, 1.165) is 10.4 Å². The molecule has 0 aliphatic rings. The molecule has 3 amide bonds. The molecule has 3 heterocycles. The Morgan fingerprint density at radius 2 is 1.71 bits per heavy atom. The summed E-state index contributed by atoms with van der Waals surface area (Å²) in [7, 11) is 0. The quantitative estimate of drug-likeness (QED) is 0.348. The van der Waals surface area contributed by atoms with Gasteiger partial charge in [-0.15, -0.1) is 11.3 Å². The fraction of sp³-hybridized carbons (Fsp3) is 0.192. The zero-order chi connectivity index (χ0) is 24.6. The van der Waals surface area contributed by atoms with Crippen molar-refractivity contribution < 1.29 is 23.2 Å². The van der Waals surface area contributed by atoms with Crippen LogP contribution in [-0.4, -0.2) is 29.2 Å². The molecule has 180 valence electrons. The van der Waals surface area contributed by atoms with Crippen molar-refractivity contribution in [2.75, 3.05) is 6.54 Å². The first-order valence-electron chi connectivity index (χ1n) is 11.0. The van der Waals surface area contributed by atoms with E-state index in [1.807, 2.05) is 48.7 Å². The highest BCUT2D eigenvalue weighted by atomic mass is 32.1. The molecule has 8 nitrogen and oxygen atoms in total. The van der Waals surface area contributed by atoms with Crippen LogP contribution in [0.3, 0.4) is 0 Å². The Morgan fingerprint density at radius 3 is 2.37 bits per heavy atom. The highest BCUT2D eigenvalue weighted by Gasteiger charge is 2.32. The number of nitrogens with one attached hydrogen (secondary N) is 2. The van der Waals surface area contributed by atoms with Gasteiger partial charge in [-0.25, -0.2) is 0 Å². The Bertz CT molecular complexity index is 1230. The number of hydrogen-bond acceptors (Lipinski definition) is 6. The van der Waals surface area contributed by atoms with Gasteiger partial charge in [-0.3, -0.25) is 14.4 Å². The van der Waals surface area contributed by atoms with E-state index in [9.17, 15) is 14.4 Å². The van der Waals surface area contributed by atoms with Gasteiger partial charge in [-0.2, -0.15) is 0 Å². The lowest BCUT2D eigenvalue weighted by atomic mass is 10.0. The van der Waals surface area contributed by atoms with Crippen LogP contribution in [-0.2, 0) is 22.7 Å². The van der Waals surface area contributed by atoms with Crippen molar-refractivity contribution in [3.05, 3.63) is 106 Å². The van der Waals surface area contributed by atoms with E-state index in [-0.39, 0.29) is 31.3 Å². The first-order chi connectivity index (χ1) is 17.0. The number of aryl methyl sites for hydroxylation is 1. The molecule has 0 fully saturated rings. The van der Waals surface area contributed by atoms with E-state index < -0.39 is 17.9 Å². The van der Waals surface area contributed by atoms with Crippen molar-refractivity contribution in [3.8, 4) is 0 Å². The normalized spacial score (nSPS) is 11.6. The number of nitrogens with zero attached hydrogens (tertiary/aromatic N) is 1. The van der Waals surface area contributed by atoms with Crippen LogP contribution in [0.5, 0.6) is 0 Å². The van der Waals surface area contributed by atoms with Gasteiger partial charge in [0.2, 0.25) is 11.8 Å².